The summed E-state index contributed by atoms with van der Waals surface area (Å²) in [6.07, 6.45) is 0.766. The van der Waals surface area contributed by atoms with Gasteiger partial charge in [-0.15, -0.1) is 0 Å². The Kier molecular flexibility index (Phi) is 4.64. The Morgan fingerprint density at radius 1 is 1.63 bits per heavy atom. The van der Waals surface area contributed by atoms with Gasteiger partial charge in [-0.2, -0.15) is 0 Å². The van der Waals surface area contributed by atoms with Crippen molar-refractivity contribution in [1.29, 1.82) is 0 Å². The largest absolute Gasteiger partial charge is 0.507 e. The van der Waals surface area contributed by atoms with Gasteiger partial charge in [-0.25, -0.2) is 0 Å². The van der Waals surface area contributed by atoms with Gasteiger partial charge in [-0.05, 0) is 40.8 Å². The SMILES string of the molecule is COC1(CNC(=O)c2ccc(I)c(O)c2)CCOC1. The summed E-state index contributed by atoms with van der Waals surface area (Å²) in [6.45, 7) is 1.53. The standard InChI is InChI=1S/C13H16INO4/c1-18-13(4-5-19-8-13)7-15-12(17)9-2-3-10(14)11(16)6-9/h2-3,6,16H,4-5,7-8H2,1H3,(H,15,17). The van der Waals surface area contributed by atoms with E-state index in [2.05, 4.69) is 5.32 Å². The van der Waals surface area contributed by atoms with E-state index in [9.17, 15) is 9.90 Å². The van der Waals surface area contributed by atoms with E-state index in [1.54, 1.807) is 19.2 Å². The zero-order valence-corrected chi connectivity index (χ0v) is 12.8. The number of aromatic hydroxyl groups is 1. The quantitative estimate of drug-likeness (QED) is 0.782. The lowest BCUT2D eigenvalue weighted by atomic mass is 10.0. The maximum atomic E-state index is 12.0. The number of carbonyl (C=O) groups excluding carboxylic acids is 1. The summed E-state index contributed by atoms with van der Waals surface area (Å²) in [5.74, 6) is -0.117. The van der Waals surface area contributed by atoms with Gasteiger partial charge in [0.1, 0.15) is 11.4 Å². The molecule has 2 N–H and O–H groups in total. The molecule has 1 aromatic rings. The number of ether oxygens (including phenoxy) is 2. The Morgan fingerprint density at radius 2 is 2.42 bits per heavy atom. The van der Waals surface area contributed by atoms with Crippen molar-refractivity contribution < 1.29 is 19.4 Å². The highest BCUT2D eigenvalue weighted by Crippen LogP contribution is 2.23. The molecule has 1 aliphatic rings. The van der Waals surface area contributed by atoms with Gasteiger partial charge in [0.05, 0.1) is 10.2 Å². The maximum Gasteiger partial charge on any atom is 0.251 e. The van der Waals surface area contributed by atoms with Gasteiger partial charge >= 0.3 is 0 Å². The van der Waals surface area contributed by atoms with Crippen LogP contribution >= 0.6 is 22.6 Å². The van der Waals surface area contributed by atoms with Crippen LogP contribution in [0.1, 0.15) is 16.8 Å². The number of nitrogens with one attached hydrogen (secondary N) is 1. The average Bonchev–Trinajstić information content (AvgIpc) is 2.89. The molecule has 1 aromatic carbocycles. The smallest absolute Gasteiger partial charge is 0.251 e. The van der Waals surface area contributed by atoms with E-state index < -0.39 is 5.60 Å². The minimum absolute atomic E-state index is 0.110. The fourth-order valence-electron chi connectivity index (χ4n) is 1.96. The molecule has 1 heterocycles. The van der Waals surface area contributed by atoms with Crippen LogP contribution in [0, 0.1) is 3.57 Å². The topological polar surface area (TPSA) is 67.8 Å². The predicted molar refractivity (Wildman–Crippen MR) is 78.3 cm³/mol. The van der Waals surface area contributed by atoms with E-state index in [1.807, 2.05) is 22.6 Å². The minimum atomic E-state index is -0.430. The van der Waals surface area contributed by atoms with Gasteiger partial charge in [0.25, 0.3) is 5.91 Å². The molecule has 104 valence electrons. The van der Waals surface area contributed by atoms with Crippen molar-refractivity contribution in [1.82, 2.24) is 5.32 Å². The number of rotatable bonds is 4. The van der Waals surface area contributed by atoms with Gasteiger partial charge in [0.2, 0.25) is 0 Å². The van der Waals surface area contributed by atoms with Crippen LogP contribution in [0.25, 0.3) is 0 Å². The molecule has 1 amide bonds. The summed E-state index contributed by atoms with van der Waals surface area (Å²) in [5, 5.41) is 12.4. The molecule has 19 heavy (non-hydrogen) atoms. The monoisotopic (exact) mass is 377 g/mol. The number of phenols is 1. The first kappa shape index (κ1) is 14.5. The second kappa shape index (κ2) is 6.06. The molecule has 1 fully saturated rings. The molecule has 0 radical (unpaired) electrons. The van der Waals surface area contributed by atoms with Crippen LogP contribution in [0.4, 0.5) is 0 Å². The first-order chi connectivity index (χ1) is 9.06. The van der Waals surface area contributed by atoms with Crippen molar-refractivity contribution in [3.8, 4) is 5.75 Å². The molecule has 0 aromatic heterocycles. The Labute approximate surface area is 125 Å². The number of phenolic OH excluding ortho intramolecular Hbond substituents is 1. The number of halogens is 1. The Hall–Kier alpha value is -0.860. The van der Waals surface area contributed by atoms with Crippen molar-refractivity contribution in [2.45, 2.75) is 12.0 Å². The van der Waals surface area contributed by atoms with Crippen LogP contribution in [0.2, 0.25) is 0 Å². The van der Waals surface area contributed by atoms with E-state index in [1.165, 1.54) is 6.07 Å². The predicted octanol–water partition coefficient (Wildman–Crippen LogP) is 1.53. The molecular weight excluding hydrogens is 361 g/mol. The minimum Gasteiger partial charge on any atom is -0.507 e. The second-order valence-electron chi connectivity index (χ2n) is 4.54. The summed E-state index contributed by atoms with van der Waals surface area (Å²) < 4.78 is 11.5. The number of hydrogen-bond donors (Lipinski definition) is 2. The van der Waals surface area contributed by atoms with Crippen LogP contribution in [-0.4, -0.2) is 43.5 Å². The normalized spacial score (nSPS) is 22.4. The number of hydrogen-bond acceptors (Lipinski definition) is 4. The molecular formula is C13H16INO4. The summed E-state index contributed by atoms with van der Waals surface area (Å²) in [5.41, 5.74) is 0.00376. The van der Waals surface area contributed by atoms with Crippen LogP contribution < -0.4 is 5.32 Å². The summed E-state index contributed by atoms with van der Waals surface area (Å²) in [4.78, 5) is 12.0. The van der Waals surface area contributed by atoms with Crippen molar-refractivity contribution in [2.75, 3.05) is 26.9 Å². The molecule has 0 saturated carbocycles. The van der Waals surface area contributed by atoms with Gasteiger partial charge in [0.15, 0.2) is 0 Å². The van der Waals surface area contributed by atoms with Crippen molar-refractivity contribution in [3.05, 3.63) is 27.3 Å². The maximum absolute atomic E-state index is 12.0. The van der Waals surface area contributed by atoms with E-state index in [0.29, 0.717) is 28.9 Å². The molecule has 0 aliphatic carbocycles. The van der Waals surface area contributed by atoms with Gasteiger partial charge in [-0.3, -0.25) is 4.79 Å². The highest BCUT2D eigenvalue weighted by molar-refractivity contribution is 14.1. The van der Waals surface area contributed by atoms with Gasteiger partial charge < -0.3 is 19.9 Å². The number of amides is 1. The molecule has 1 unspecified atom stereocenters. The molecule has 5 nitrogen and oxygen atoms in total. The summed E-state index contributed by atoms with van der Waals surface area (Å²) >= 11 is 2.01. The molecule has 6 heteroatoms. The van der Waals surface area contributed by atoms with E-state index >= 15 is 0 Å². The zero-order valence-electron chi connectivity index (χ0n) is 10.6. The zero-order chi connectivity index (χ0) is 13.9. The van der Waals surface area contributed by atoms with Crippen LogP contribution in [-0.2, 0) is 9.47 Å². The first-order valence-corrected chi connectivity index (χ1v) is 7.04. The van der Waals surface area contributed by atoms with Crippen molar-refractivity contribution in [2.24, 2.45) is 0 Å². The van der Waals surface area contributed by atoms with Crippen LogP contribution in [0.5, 0.6) is 5.75 Å². The Bertz CT molecular complexity index is 472. The molecule has 1 aliphatic heterocycles. The third kappa shape index (κ3) is 3.37. The highest BCUT2D eigenvalue weighted by atomic mass is 127. The third-order valence-corrected chi connectivity index (χ3v) is 4.19. The van der Waals surface area contributed by atoms with Crippen molar-refractivity contribution in [3.63, 3.8) is 0 Å². The molecule has 0 bridgehead atoms. The lowest BCUT2D eigenvalue weighted by Gasteiger charge is -2.25. The first-order valence-electron chi connectivity index (χ1n) is 5.96. The third-order valence-electron chi connectivity index (χ3n) is 3.28. The van der Waals surface area contributed by atoms with E-state index in [4.69, 9.17) is 9.47 Å². The Morgan fingerprint density at radius 3 is 3.00 bits per heavy atom. The lowest BCUT2D eigenvalue weighted by molar-refractivity contribution is -0.0148. The average molecular weight is 377 g/mol. The van der Waals surface area contributed by atoms with Crippen molar-refractivity contribution >= 4 is 28.5 Å². The second-order valence-corrected chi connectivity index (χ2v) is 5.70. The molecule has 0 spiro atoms. The van der Waals surface area contributed by atoms with Crippen LogP contribution in [0.15, 0.2) is 18.2 Å². The van der Waals surface area contributed by atoms with Gasteiger partial charge in [-0.1, -0.05) is 0 Å². The number of carbonyl (C=O) groups is 1. The number of benzene rings is 1. The van der Waals surface area contributed by atoms with E-state index in [-0.39, 0.29) is 11.7 Å². The van der Waals surface area contributed by atoms with E-state index in [0.717, 1.165) is 6.42 Å². The Balaban J connectivity index is 1.99. The molecule has 2 rings (SSSR count). The fourth-order valence-corrected chi connectivity index (χ4v) is 2.29. The highest BCUT2D eigenvalue weighted by Gasteiger charge is 2.35. The van der Waals surface area contributed by atoms with Gasteiger partial charge in [0, 0.05) is 32.2 Å². The molecule has 1 atom stereocenters. The van der Waals surface area contributed by atoms with Crippen LogP contribution in [0.3, 0.4) is 0 Å². The summed E-state index contributed by atoms with van der Waals surface area (Å²) in [6, 6.07) is 4.85. The lowest BCUT2D eigenvalue weighted by Crippen LogP contribution is -2.45. The fraction of sp³-hybridized carbons (Fsp3) is 0.462. The summed E-state index contributed by atoms with van der Waals surface area (Å²) in [7, 11) is 1.62. The molecule has 1 saturated heterocycles. The number of methoxy groups -OCH3 is 1.